The molecule has 70 valence electrons. The predicted molar refractivity (Wildman–Crippen MR) is 49.5 cm³/mol. The van der Waals surface area contributed by atoms with Crippen molar-refractivity contribution in [3.63, 3.8) is 0 Å². The predicted octanol–water partition coefficient (Wildman–Crippen LogP) is 3.08. The van der Waals surface area contributed by atoms with Gasteiger partial charge in [-0.25, -0.2) is 4.57 Å². The van der Waals surface area contributed by atoms with Gasteiger partial charge in [-0.3, -0.25) is 9.05 Å². The Morgan fingerprint density at radius 3 is 2.31 bits per heavy atom. The van der Waals surface area contributed by atoms with E-state index in [2.05, 4.69) is 0 Å². The van der Waals surface area contributed by atoms with E-state index < -0.39 is 6.95 Å². The van der Waals surface area contributed by atoms with E-state index in [0.717, 1.165) is 11.1 Å². The number of hydrogen-bond acceptors (Lipinski definition) is 3. The van der Waals surface area contributed by atoms with Crippen molar-refractivity contribution in [2.45, 2.75) is 13.2 Å². The van der Waals surface area contributed by atoms with Crippen molar-refractivity contribution >= 4 is 18.2 Å². The number of rotatable bonds is 0. The molecule has 0 amide bonds. The summed E-state index contributed by atoms with van der Waals surface area (Å²) in [4.78, 5) is 0. The second kappa shape index (κ2) is 3.43. The van der Waals surface area contributed by atoms with Crippen LogP contribution >= 0.6 is 18.2 Å². The highest BCUT2D eigenvalue weighted by atomic mass is 35.7. The molecular formula is C8H8ClO3P. The zero-order chi connectivity index (χ0) is 9.31. The molecule has 3 nitrogen and oxygen atoms in total. The molecule has 0 spiro atoms. The molecule has 0 saturated heterocycles. The van der Waals surface area contributed by atoms with Gasteiger partial charge in [0, 0.05) is 11.2 Å². The van der Waals surface area contributed by atoms with Crippen LogP contribution in [-0.2, 0) is 26.8 Å². The molecule has 0 radical (unpaired) electrons. The second-order valence-corrected chi connectivity index (χ2v) is 5.42. The third-order valence-electron chi connectivity index (χ3n) is 1.76. The third-order valence-corrected chi connectivity index (χ3v) is 3.22. The molecule has 0 fully saturated rings. The van der Waals surface area contributed by atoms with Crippen LogP contribution in [-0.4, -0.2) is 0 Å². The topological polar surface area (TPSA) is 35.5 Å². The van der Waals surface area contributed by atoms with Crippen molar-refractivity contribution in [2.75, 3.05) is 0 Å². The monoisotopic (exact) mass is 218 g/mol. The summed E-state index contributed by atoms with van der Waals surface area (Å²) in [6, 6.07) is 7.63. The Morgan fingerprint density at radius 2 is 1.77 bits per heavy atom. The van der Waals surface area contributed by atoms with Gasteiger partial charge in [-0.15, -0.1) is 0 Å². The fourth-order valence-corrected chi connectivity index (χ4v) is 2.12. The first-order valence-corrected chi connectivity index (χ1v) is 6.27. The maximum Gasteiger partial charge on any atom is 0.424 e. The Balaban J connectivity index is 2.31. The van der Waals surface area contributed by atoms with Crippen LogP contribution in [0.1, 0.15) is 11.1 Å². The zero-order valence-electron chi connectivity index (χ0n) is 6.77. The molecule has 2 bridgehead atoms. The maximum absolute atomic E-state index is 11.3. The standard InChI is InChI=1S/C8H8ClO3P/c9-13(10)11-5-7-2-1-3-8(4-7)6-12-13/h1-4H,5-6H2. The zero-order valence-corrected chi connectivity index (χ0v) is 8.42. The van der Waals surface area contributed by atoms with Gasteiger partial charge in [-0.2, -0.15) is 0 Å². The quantitative estimate of drug-likeness (QED) is 0.628. The lowest BCUT2D eigenvalue weighted by molar-refractivity contribution is 0.200. The second-order valence-electron chi connectivity index (χ2n) is 2.80. The molecule has 1 aliphatic heterocycles. The highest BCUT2D eigenvalue weighted by molar-refractivity contribution is 7.81. The molecule has 1 heterocycles. The summed E-state index contributed by atoms with van der Waals surface area (Å²) in [7, 11) is 0. The Kier molecular flexibility index (Phi) is 2.43. The Bertz CT molecular complexity index is 339. The number of halogens is 1. The normalized spacial score (nSPS) is 20.4. The van der Waals surface area contributed by atoms with Gasteiger partial charge in [0.25, 0.3) is 0 Å². The number of hydrogen-bond donors (Lipinski definition) is 0. The van der Waals surface area contributed by atoms with Gasteiger partial charge in [0.15, 0.2) is 0 Å². The molecule has 1 aliphatic rings. The SMILES string of the molecule is O=P1(Cl)OCc2cccc(c2)CO1. The summed E-state index contributed by atoms with van der Waals surface area (Å²) in [6.07, 6.45) is 0. The molecule has 13 heavy (non-hydrogen) atoms. The first-order valence-electron chi connectivity index (χ1n) is 3.82. The van der Waals surface area contributed by atoms with E-state index in [1.54, 1.807) is 0 Å². The highest BCUT2D eigenvalue weighted by Crippen LogP contribution is 2.55. The van der Waals surface area contributed by atoms with Crippen molar-refractivity contribution in [3.8, 4) is 0 Å². The highest BCUT2D eigenvalue weighted by Gasteiger charge is 2.22. The fraction of sp³-hybridized carbons (Fsp3) is 0.250. The van der Waals surface area contributed by atoms with E-state index >= 15 is 0 Å². The minimum atomic E-state index is -3.36. The summed E-state index contributed by atoms with van der Waals surface area (Å²) in [5.41, 5.74) is 1.92. The molecule has 0 unspecified atom stereocenters. The van der Waals surface area contributed by atoms with Crippen molar-refractivity contribution in [1.82, 2.24) is 0 Å². The molecule has 0 N–H and O–H groups in total. The molecular weight excluding hydrogens is 211 g/mol. The van der Waals surface area contributed by atoms with Crippen LogP contribution in [0, 0.1) is 0 Å². The van der Waals surface area contributed by atoms with Gasteiger partial charge in [0.1, 0.15) is 0 Å². The van der Waals surface area contributed by atoms with Crippen LogP contribution < -0.4 is 0 Å². The van der Waals surface area contributed by atoms with Crippen LogP contribution in [0.2, 0.25) is 0 Å². The molecule has 5 heteroatoms. The number of benzene rings is 1. The number of fused-ring (bicyclic) bond motifs is 2. The van der Waals surface area contributed by atoms with Gasteiger partial charge < -0.3 is 0 Å². The van der Waals surface area contributed by atoms with Crippen molar-refractivity contribution in [3.05, 3.63) is 35.4 Å². The minimum absolute atomic E-state index is 0.231. The minimum Gasteiger partial charge on any atom is -0.292 e. The lowest BCUT2D eigenvalue weighted by Gasteiger charge is -2.15. The summed E-state index contributed by atoms with van der Waals surface area (Å²) < 4.78 is 21.1. The van der Waals surface area contributed by atoms with Gasteiger partial charge in [0.2, 0.25) is 0 Å². The van der Waals surface area contributed by atoms with Crippen LogP contribution in [0.25, 0.3) is 0 Å². The van der Waals surface area contributed by atoms with E-state index in [1.165, 1.54) is 0 Å². The van der Waals surface area contributed by atoms with Gasteiger partial charge in [-0.05, 0) is 11.1 Å². The molecule has 0 aromatic heterocycles. The molecule has 0 saturated carbocycles. The average Bonchev–Trinajstić information content (AvgIpc) is 2.12. The van der Waals surface area contributed by atoms with Gasteiger partial charge in [0.05, 0.1) is 13.2 Å². The molecule has 1 aromatic carbocycles. The fourth-order valence-electron chi connectivity index (χ4n) is 1.15. The summed E-state index contributed by atoms with van der Waals surface area (Å²) in [6.45, 7) is -2.89. The largest absolute Gasteiger partial charge is 0.424 e. The van der Waals surface area contributed by atoms with E-state index in [0.29, 0.717) is 0 Å². The lowest BCUT2D eigenvalue weighted by atomic mass is 10.1. The van der Waals surface area contributed by atoms with Gasteiger partial charge >= 0.3 is 6.95 Å². The van der Waals surface area contributed by atoms with Crippen molar-refractivity contribution in [2.24, 2.45) is 0 Å². The van der Waals surface area contributed by atoms with E-state index in [-0.39, 0.29) is 13.2 Å². The summed E-state index contributed by atoms with van der Waals surface area (Å²) in [5.74, 6) is 0. The molecule has 0 atom stereocenters. The summed E-state index contributed by atoms with van der Waals surface area (Å²) >= 11 is 5.49. The van der Waals surface area contributed by atoms with E-state index in [9.17, 15) is 4.57 Å². The van der Waals surface area contributed by atoms with Gasteiger partial charge in [-0.1, -0.05) is 24.3 Å². The van der Waals surface area contributed by atoms with Crippen molar-refractivity contribution in [1.29, 1.82) is 0 Å². The molecule has 1 aromatic rings. The maximum atomic E-state index is 11.3. The van der Waals surface area contributed by atoms with Crippen LogP contribution in [0.3, 0.4) is 0 Å². The smallest absolute Gasteiger partial charge is 0.292 e. The third kappa shape index (κ3) is 2.32. The van der Waals surface area contributed by atoms with E-state index in [1.807, 2.05) is 24.3 Å². The Labute approximate surface area is 80.9 Å². The first kappa shape index (κ1) is 9.22. The first-order chi connectivity index (χ1) is 6.16. The lowest BCUT2D eigenvalue weighted by Crippen LogP contribution is -1.98. The Morgan fingerprint density at radius 1 is 1.23 bits per heavy atom. The van der Waals surface area contributed by atoms with E-state index in [4.69, 9.17) is 20.3 Å². The average molecular weight is 219 g/mol. The van der Waals surface area contributed by atoms with Crippen LogP contribution in [0.4, 0.5) is 0 Å². The molecule has 0 aliphatic carbocycles. The molecule has 2 rings (SSSR count). The van der Waals surface area contributed by atoms with Crippen LogP contribution in [0.15, 0.2) is 24.3 Å². The van der Waals surface area contributed by atoms with Crippen molar-refractivity contribution < 1.29 is 13.6 Å². The van der Waals surface area contributed by atoms with Crippen LogP contribution in [0.5, 0.6) is 0 Å². The Hall–Kier alpha value is -0.340. The summed E-state index contributed by atoms with van der Waals surface area (Å²) in [5, 5.41) is 0.